The van der Waals surface area contributed by atoms with Gasteiger partial charge in [-0.1, -0.05) is 16.9 Å². The van der Waals surface area contributed by atoms with E-state index in [0.29, 0.717) is 23.3 Å². The van der Waals surface area contributed by atoms with Gasteiger partial charge in [0, 0.05) is 6.07 Å². The van der Waals surface area contributed by atoms with Crippen molar-refractivity contribution in [1.82, 2.24) is 19.9 Å². The number of carbonyl (C=O) groups excluding carboxylic acids is 1. The van der Waals surface area contributed by atoms with Gasteiger partial charge in [0.05, 0.1) is 18.1 Å². The number of nitrogens with zero attached hydrogens (tertiary/aromatic N) is 4. The molecule has 0 spiro atoms. The van der Waals surface area contributed by atoms with Gasteiger partial charge in [0.1, 0.15) is 17.8 Å². The van der Waals surface area contributed by atoms with Crippen LogP contribution in [0.15, 0.2) is 44.9 Å². The van der Waals surface area contributed by atoms with Crippen LogP contribution in [-0.4, -0.2) is 31.1 Å². The van der Waals surface area contributed by atoms with Crippen molar-refractivity contribution in [3.8, 4) is 0 Å². The van der Waals surface area contributed by atoms with Crippen LogP contribution in [0.4, 0.5) is 5.82 Å². The van der Waals surface area contributed by atoms with E-state index >= 15 is 0 Å². The molecule has 0 aliphatic heterocycles. The lowest BCUT2D eigenvalue weighted by molar-refractivity contribution is -0.115. The van der Waals surface area contributed by atoms with Gasteiger partial charge in [0.25, 0.3) is 0 Å². The quantitative estimate of drug-likeness (QED) is 0.691. The average Bonchev–Trinajstić information content (AvgIpc) is 3.24. The summed E-state index contributed by atoms with van der Waals surface area (Å²) >= 11 is 1.31. The zero-order valence-electron chi connectivity index (χ0n) is 12.6. The monoisotopic (exact) mass is 333 g/mol. The number of furan rings is 1. The van der Waals surface area contributed by atoms with Crippen LogP contribution in [0, 0.1) is 6.92 Å². The number of hydrogen-bond donors (Lipinski definition) is 1. The third kappa shape index (κ3) is 3.81. The third-order valence-corrected chi connectivity index (χ3v) is 4.11. The predicted molar refractivity (Wildman–Crippen MR) is 83.0 cm³/mol. The molecule has 120 valence electrons. The molecule has 1 atom stereocenters. The Morgan fingerprint density at radius 1 is 1.52 bits per heavy atom. The van der Waals surface area contributed by atoms with Crippen LogP contribution in [-0.2, 0) is 11.3 Å². The molecule has 0 aliphatic carbocycles. The van der Waals surface area contributed by atoms with Gasteiger partial charge < -0.3 is 18.8 Å². The predicted octanol–water partition coefficient (Wildman–Crippen LogP) is 2.34. The van der Waals surface area contributed by atoms with Gasteiger partial charge in [-0.3, -0.25) is 4.79 Å². The first-order valence-corrected chi connectivity index (χ1v) is 7.81. The van der Waals surface area contributed by atoms with Crippen molar-refractivity contribution >= 4 is 23.5 Å². The van der Waals surface area contributed by atoms with E-state index in [4.69, 9.17) is 8.94 Å². The van der Waals surface area contributed by atoms with Crippen LogP contribution in [0.5, 0.6) is 0 Å². The first kappa shape index (κ1) is 15.3. The van der Waals surface area contributed by atoms with E-state index in [2.05, 4.69) is 20.7 Å². The maximum absolute atomic E-state index is 12.2. The fourth-order valence-corrected chi connectivity index (χ4v) is 2.70. The minimum atomic E-state index is -0.369. The first-order valence-electron chi connectivity index (χ1n) is 6.93. The van der Waals surface area contributed by atoms with E-state index in [0.717, 1.165) is 5.76 Å². The number of rotatable bonds is 6. The summed E-state index contributed by atoms with van der Waals surface area (Å²) in [5, 5.41) is 14.7. The van der Waals surface area contributed by atoms with E-state index in [1.807, 2.05) is 16.7 Å². The number of aryl methyl sites for hydroxylation is 1. The van der Waals surface area contributed by atoms with Gasteiger partial charge in [-0.2, -0.15) is 0 Å². The summed E-state index contributed by atoms with van der Waals surface area (Å²) in [6.07, 6.45) is 3.22. The van der Waals surface area contributed by atoms with Crippen molar-refractivity contribution in [3.05, 3.63) is 42.3 Å². The summed E-state index contributed by atoms with van der Waals surface area (Å²) < 4.78 is 12.1. The second-order valence-electron chi connectivity index (χ2n) is 4.89. The van der Waals surface area contributed by atoms with Crippen LogP contribution >= 0.6 is 11.8 Å². The molecule has 3 rings (SSSR count). The zero-order valence-corrected chi connectivity index (χ0v) is 13.4. The van der Waals surface area contributed by atoms with Crippen LogP contribution in [0.25, 0.3) is 0 Å². The lowest BCUT2D eigenvalue weighted by Crippen LogP contribution is -2.23. The van der Waals surface area contributed by atoms with Crippen molar-refractivity contribution < 1.29 is 13.7 Å². The highest BCUT2D eigenvalue weighted by molar-refractivity contribution is 8.00. The maximum Gasteiger partial charge on any atom is 0.238 e. The largest absolute Gasteiger partial charge is 0.467 e. The smallest absolute Gasteiger partial charge is 0.238 e. The Balaban J connectivity index is 1.62. The van der Waals surface area contributed by atoms with Crippen molar-refractivity contribution in [2.24, 2.45) is 0 Å². The molecule has 1 N–H and O–H groups in total. The second kappa shape index (κ2) is 6.69. The standard InChI is InChI=1S/C14H15N5O3S/c1-9-6-12(18-22-9)16-13(20)10(2)23-14-17-15-8-19(14)7-11-4-3-5-21-11/h3-6,8,10H,7H2,1-2H3,(H,16,18,20). The van der Waals surface area contributed by atoms with Gasteiger partial charge >= 0.3 is 0 Å². The first-order chi connectivity index (χ1) is 11.1. The van der Waals surface area contributed by atoms with Crippen LogP contribution in [0.3, 0.4) is 0 Å². The molecule has 0 aromatic carbocycles. The molecule has 1 amide bonds. The van der Waals surface area contributed by atoms with Gasteiger partial charge in [-0.15, -0.1) is 10.2 Å². The van der Waals surface area contributed by atoms with E-state index in [-0.39, 0.29) is 11.2 Å². The summed E-state index contributed by atoms with van der Waals surface area (Å²) in [6, 6.07) is 5.36. The molecule has 8 nitrogen and oxygen atoms in total. The molecule has 0 aliphatic rings. The second-order valence-corrected chi connectivity index (χ2v) is 6.20. The van der Waals surface area contributed by atoms with E-state index in [9.17, 15) is 4.79 Å². The molecule has 0 saturated carbocycles. The fraction of sp³-hybridized carbons (Fsp3) is 0.286. The molecular weight excluding hydrogens is 318 g/mol. The molecule has 0 fully saturated rings. The number of thioether (sulfide) groups is 1. The third-order valence-electron chi connectivity index (χ3n) is 3.02. The summed E-state index contributed by atoms with van der Waals surface area (Å²) in [6.45, 7) is 4.07. The highest BCUT2D eigenvalue weighted by Gasteiger charge is 2.19. The Hall–Kier alpha value is -2.55. The van der Waals surface area contributed by atoms with Gasteiger partial charge in [0.2, 0.25) is 5.91 Å². The Morgan fingerprint density at radius 2 is 2.39 bits per heavy atom. The Morgan fingerprint density at radius 3 is 3.09 bits per heavy atom. The normalized spacial score (nSPS) is 12.3. The van der Waals surface area contributed by atoms with Crippen LogP contribution < -0.4 is 5.32 Å². The Bertz CT molecular complexity index is 780. The van der Waals surface area contributed by atoms with Crippen LogP contribution in [0.2, 0.25) is 0 Å². The van der Waals surface area contributed by atoms with Gasteiger partial charge in [-0.25, -0.2) is 0 Å². The molecule has 23 heavy (non-hydrogen) atoms. The molecule has 1 unspecified atom stereocenters. The number of amides is 1. The molecule has 0 radical (unpaired) electrons. The Labute approximate surface area is 136 Å². The van der Waals surface area contributed by atoms with Crippen molar-refractivity contribution in [3.63, 3.8) is 0 Å². The van der Waals surface area contributed by atoms with Gasteiger partial charge in [0.15, 0.2) is 11.0 Å². The maximum atomic E-state index is 12.2. The van der Waals surface area contributed by atoms with Crippen molar-refractivity contribution in [2.75, 3.05) is 5.32 Å². The molecule has 3 aromatic heterocycles. The minimum absolute atomic E-state index is 0.184. The lowest BCUT2D eigenvalue weighted by atomic mass is 10.4. The molecule has 3 aromatic rings. The zero-order chi connectivity index (χ0) is 16.2. The average molecular weight is 333 g/mol. The van der Waals surface area contributed by atoms with Gasteiger partial charge in [-0.05, 0) is 26.0 Å². The molecular formula is C14H15N5O3S. The SMILES string of the molecule is Cc1cc(NC(=O)C(C)Sc2nncn2Cc2ccco2)no1. The minimum Gasteiger partial charge on any atom is -0.467 e. The Kier molecular flexibility index (Phi) is 4.47. The van der Waals surface area contributed by atoms with Crippen LogP contribution in [0.1, 0.15) is 18.4 Å². The number of carbonyl (C=O) groups is 1. The number of nitrogens with one attached hydrogen (secondary N) is 1. The molecule has 0 saturated heterocycles. The van der Waals surface area contributed by atoms with Crippen molar-refractivity contribution in [2.45, 2.75) is 30.8 Å². The molecule has 3 heterocycles. The highest BCUT2D eigenvalue weighted by atomic mass is 32.2. The number of aromatic nitrogens is 4. The number of anilines is 1. The summed E-state index contributed by atoms with van der Waals surface area (Å²) in [5.74, 6) is 1.65. The fourth-order valence-electron chi connectivity index (χ4n) is 1.88. The summed E-state index contributed by atoms with van der Waals surface area (Å²) in [5.41, 5.74) is 0. The lowest BCUT2D eigenvalue weighted by Gasteiger charge is -2.10. The number of hydrogen-bond acceptors (Lipinski definition) is 7. The molecule has 9 heteroatoms. The summed E-state index contributed by atoms with van der Waals surface area (Å²) in [7, 11) is 0. The van der Waals surface area contributed by atoms with E-state index < -0.39 is 0 Å². The highest BCUT2D eigenvalue weighted by Crippen LogP contribution is 2.23. The van der Waals surface area contributed by atoms with Crippen molar-refractivity contribution in [1.29, 1.82) is 0 Å². The summed E-state index contributed by atoms with van der Waals surface area (Å²) in [4.78, 5) is 12.2. The van der Waals surface area contributed by atoms with E-state index in [1.54, 1.807) is 32.5 Å². The van der Waals surface area contributed by atoms with E-state index in [1.165, 1.54) is 11.8 Å². The topological polar surface area (TPSA) is 99.0 Å². The molecule has 0 bridgehead atoms.